The van der Waals surface area contributed by atoms with Gasteiger partial charge in [0.05, 0.1) is 12.2 Å². The van der Waals surface area contributed by atoms with Gasteiger partial charge < -0.3 is 4.74 Å². The summed E-state index contributed by atoms with van der Waals surface area (Å²) in [4.78, 5) is 12.6. The second-order valence-electron chi connectivity index (χ2n) is 5.19. The van der Waals surface area contributed by atoms with E-state index in [-0.39, 0.29) is 11.7 Å². The summed E-state index contributed by atoms with van der Waals surface area (Å²) in [5.74, 6) is 1.03. The van der Waals surface area contributed by atoms with Gasteiger partial charge in [0.15, 0.2) is 5.78 Å². The summed E-state index contributed by atoms with van der Waals surface area (Å²) in [5, 5.41) is 0.600. The molecule has 1 fully saturated rings. The van der Waals surface area contributed by atoms with Crippen LogP contribution in [-0.4, -0.2) is 12.4 Å². The van der Waals surface area contributed by atoms with Crippen LogP contribution < -0.4 is 4.74 Å². The van der Waals surface area contributed by atoms with Crippen LogP contribution in [0.4, 0.5) is 0 Å². The number of halogens is 1. The van der Waals surface area contributed by atoms with Gasteiger partial charge in [-0.2, -0.15) is 0 Å². The van der Waals surface area contributed by atoms with Crippen molar-refractivity contribution >= 4 is 17.4 Å². The first-order valence-corrected chi connectivity index (χ1v) is 7.56. The Morgan fingerprint density at radius 3 is 2.74 bits per heavy atom. The molecule has 0 aliphatic heterocycles. The maximum atomic E-state index is 12.6. The third-order valence-electron chi connectivity index (χ3n) is 3.64. The third-order valence-corrected chi connectivity index (χ3v) is 3.88. The van der Waals surface area contributed by atoms with Gasteiger partial charge in [-0.25, -0.2) is 0 Å². The van der Waals surface area contributed by atoms with Crippen LogP contribution in [0, 0.1) is 5.92 Å². The zero-order valence-corrected chi connectivity index (χ0v) is 12.2. The lowest BCUT2D eigenvalue weighted by Crippen LogP contribution is -2.18. The van der Waals surface area contributed by atoms with E-state index >= 15 is 0 Å². The van der Waals surface area contributed by atoms with Crippen LogP contribution in [0.1, 0.15) is 55.8 Å². The Bertz CT molecular complexity index is 436. The monoisotopic (exact) mass is 280 g/mol. The number of ether oxygens (including phenoxy) is 1. The van der Waals surface area contributed by atoms with E-state index < -0.39 is 0 Å². The number of hydrogen-bond donors (Lipinski definition) is 0. The summed E-state index contributed by atoms with van der Waals surface area (Å²) in [6.45, 7) is 2.69. The van der Waals surface area contributed by atoms with Crippen LogP contribution in [0.25, 0.3) is 0 Å². The molecule has 0 radical (unpaired) electrons. The number of ketones is 1. The lowest BCUT2D eigenvalue weighted by atomic mass is 9.83. The van der Waals surface area contributed by atoms with Crippen molar-refractivity contribution in [1.29, 1.82) is 0 Å². The molecule has 0 amide bonds. The number of carbonyl (C=O) groups is 1. The van der Waals surface area contributed by atoms with Gasteiger partial charge in [-0.3, -0.25) is 4.79 Å². The van der Waals surface area contributed by atoms with Gasteiger partial charge in [-0.05, 0) is 37.5 Å². The summed E-state index contributed by atoms with van der Waals surface area (Å²) >= 11 is 6.03. The Hall–Kier alpha value is -1.02. The topological polar surface area (TPSA) is 26.3 Å². The minimum Gasteiger partial charge on any atom is -0.493 e. The Kier molecular flexibility index (Phi) is 5.26. The molecule has 19 heavy (non-hydrogen) atoms. The fourth-order valence-corrected chi connectivity index (χ4v) is 2.79. The van der Waals surface area contributed by atoms with Crippen molar-refractivity contribution in [2.75, 3.05) is 6.61 Å². The van der Waals surface area contributed by atoms with Crippen LogP contribution in [0.2, 0.25) is 5.02 Å². The van der Waals surface area contributed by atoms with Crippen molar-refractivity contribution in [2.45, 2.75) is 45.4 Å². The number of Topliss-reactive ketones (excluding diaryl/α,β-unsaturated/α-hetero) is 1. The quantitative estimate of drug-likeness (QED) is 0.718. The largest absolute Gasteiger partial charge is 0.493 e. The van der Waals surface area contributed by atoms with Gasteiger partial charge in [0.25, 0.3) is 0 Å². The van der Waals surface area contributed by atoms with Crippen molar-refractivity contribution in [2.24, 2.45) is 5.92 Å². The molecule has 0 aromatic heterocycles. The molecule has 3 heteroatoms. The molecule has 0 N–H and O–H groups in total. The van der Waals surface area contributed by atoms with Gasteiger partial charge in [0, 0.05) is 10.9 Å². The van der Waals surface area contributed by atoms with E-state index in [4.69, 9.17) is 16.3 Å². The Morgan fingerprint density at radius 1 is 1.32 bits per heavy atom. The lowest BCUT2D eigenvalue weighted by molar-refractivity contribution is 0.0885. The molecule has 0 bridgehead atoms. The SMILES string of the molecule is CCCOc1ccc(Cl)cc1C(=O)C1CCCCC1. The summed E-state index contributed by atoms with van der Waals surface area (Å²) in [5.41, 5.74) is 0.660. The van der Waals surface area contributed by atoms with Gasteiger partial charge in [0.1, 0.15) is 5.75 Å². The van der Waals surface area contributed by atoms with Crippen LogP contribution in [0.5, 0.6) is 5.75 Å². The van der Waals surface area contributed by atoms with Crippen LogP contribution in [-0.2, 0) is 0 Å². The third kappa shape index (κ3) is 3.73. The average Bonchev–Trinajstić information content (AvgIpc) is 2.46. The highest BCUT2D eigenvalue weighted by Crippen LogP contribution is 2.31. The molecule has 2 nitrogen and oxygen atoms in total. The summed E-state index contributed by atoms with van der Waals surface area (Å²) < 4.78 is 5.67. The summed E-state index contributed by atoms with van der Waals surface area (Å²) in [7, 11) is 0. The Morgan fingerprint density at radius 2 is 2.05 bits per heavy atom. The number of hydrogen-bond acceptors (Lipinski definition) is 2. The minimum absolute atomic E-state index is 0.149. The lowest BCUT2D eigenvalue weighted by Gasteiger charge is -2.21. The van der Waals surface area contributed by atoms with E-state index in [1.165, 1.54) is 6.42 Å². The first kappa shape index (κ1) is 14.4. The first-order valence-electron chi connectivity index (χ1n) is 7.19. The normalized spacial score (nSPS) is 16.3. The molecule has 1 aromatic rings. The van der Waals surface area contributed by atoms with Crippen LogP contribution in [0.3, 0.4) is 0 Å². The van der Waals surface area contributed by atoms with Crippen molar-refractivity contribution in [1.82, 2.24) is 0 Å². The molecule has 2 rings (SSSR count). The molecule has 0 saturated heterocycles. The smallest absolute Gasteiger partial charge is 0.169 e. The molecule has 0 unspecified atom stereocenters. The molecular formula is C16H21ClO2. The van der Waals surface area contributed by atoms with Crippen LogP contribution >= 0.6 is 11.6 Å². The maximum Gasteiger partial charge on any atom is 0.169 e. The van der Waals surface area contributed by atoms with E-state index in [1.54, 1.807) is 12.1 Å². The van der Waals surface area contributed by atoms with Gasteiger partial charge >= 0.3 is 0 Å². The minimum atomic E-state index is 0.149. The number of benzene rings is 1. The Balaban J connectivity index is 2.20. The second-order valence-corrected chi connectivity index (χ2v) is 5.62. The highest BCUT2D eigenvalue weighted by molar-refractivity contribution is 6.31. The van der Waals surface area contributed by atoms with Crippen molar-refractivity contribution in [3.05, 3.63) is 28.8 Å². The van der Waals surface area contributed by atoms with Crippen molar-refractivity contribution in [3.63, 3.8) is 0 Å². The maximum absolute atomic E-state index is 12.6. The molecule has 0 atom stereocenters. The molecule has 104 valence electrons. The zero-order valence-electron chi connectivity index (χ0n) is 11.5. The van der Waals surface area contributed by atoms with Crippen LogP contribution in [0.15, 0.2) is 18.2 Å². The highest BCUT2D eigenvalue weighted by atomic mass is 35.5. The van der Waals surface area contributed by atoms with Gasteiger partial charge in [-0.15, -0.1) is 0 Å². The van der Waals surface area contributed by atoms with E-state index in [0.29, 0.717) is 22.9 Å². The number of rotatable bonds is 5. The van der Waals surface area contributed by atoms with E-state index in [9.17, 15) is 4.79 Å². The molecule has 0 heterocycles. The first-order chi connectivity index (χ1) is 9.22. The number of carbonyl (C=O) groups excluding carboxylic acids is 1. The fraction of sp³-hybridized carbons (Fsp3) is 0.562. The van der Waals surface area contributed by atoms with Crippen molar-refractivity contribution in [3.8, 4) is 5.75 Å². The van der Waals surface area contributed by atoms with E-state index in [2.05, 4.69) is 6.92 Å². The molecular weight excluding hydrogens is 260 g/mol. The van der Waals surface area contributed by atoms with Gasteiger partial charge in [-0.1, -0.05) is 37.8 Å². The summed E-state index contributed by atoms with van der Waals surface area (Å²) in [6.07, 6.45) is 6.49. The predicted octanol–water partition coefficient (Wildman–Crippen LogP) is 4.89. The molecule has 1 saturated carbocycles. The fourth-order valence-electron chi connectivity index (χ4n) is 2.62. The standard InChI is InChI=1S/C16H21ClO2/c1-2-10-19-15-9-8-13(17)11-14(15)16(18)12-6-4-3-5-7-12/h8-9,11-12H,2-7,10H2,1H3. The van der Waals surface area contributed by atoms with Crippen molar-refractivity contribution < 1.29 is 9.53 Å². The van der Waals surface area contributed by atoms with E-state index in [1.807, 2.05) is 6.07 Å². The zero-order chi connectivity index (χ0) is 13.7. The molecule has 0 spiro atoms. The molecule has 1 aromatic carbocycles. The molecule has 1 aliphatic rings. The predicted molar refractivity (Wildman–Crippen MR) is 78.1 cm³/mol. The van der Waals surface area contributed by atoms with Gasteiger partial charge in [0.2, 0.25) is 0 Å². The average molecular weight is 281 g/mol. The Labute approximate surface area is 120 Å². The highest BCUT2D eigenvalue weighted by Gasteiger charge is 2.25. The molecule has 1 aliphatic carbocycles. The summed E-state index contributed by atoms with van der Waals surface area (Å²) in [6, 6.07) is 5.35. The van der Waals surface area contributed by atoms with E-state index in [0.717, 1.165) is 32.1 Å². The second kappa shape index (κ2) is 6.95.